The van der Waals surface area contributed by atoms with E-state index in [9.17, 15) is 0 Å². The summed E-state index contributed by atoms with van der Waals surface area (Å²) in [6.45, 7) is 7.55. The predicted octanol–water partition coefficient (Wildman–Crippen LogP) is 5.17. The fourth-order valence-electron chi connectivity index (χ4n) is 3.35. The van der Waals surface area contributed by atoms with E-state index in [0.29, 0.717) is 0 Å². The third-order valence-electron chi connectivity index (χ3n) is 4.82. The minimum Gasteiger partial charge on any atom is -0.300 e. The van der Waals surface area contributed by atoms with Crippen molar-refractivity contribution in [2.45, 2.75) is 39.5 Å². The number of nitrogens with zero attached hydrogens (tertiary/aromatic N) is 4. The highest BCUT2D eigenvalue weighted by Crippen LogP contribution is 2.30. The van der Waals surface area contributed by atoms with Crippen molar-refractivity contribution >= 4 is 5.70 Å². The number of hydrazine groups is 1. The maximum absolute atomic E-state index is 4.76. The molecule has 0 radical (unpaired) electrons. The van der Waals surface area contributed by atoms with Crippen molar-refractivity contribution in [3.8, 4) is 11.3 Å². The minimum absolute atomic E-state index is 0.886. The van der Waals surface area contributed by atoms with Crippen LogP contribution in [-0.2, 0) is 0 Å². The number of pyridine rings is 2. The van der Waals surface area contributed by atoms with Gasteiger partial charge in [0, 0.05) is 31.0 Å². The number of hydrogen-bond donors (Lipinski definition) is 0. The first kappa shape index (κ1) is 19.3. The second kappa shape index (κ2) is 10.0. The summed E-state index contributed by atoms with van der Waals surface area (Å²) in [4.78, 5) is 9.32. The highest BCUT2D eigenvalue weighted by molar-refractivity contribution is 5.77. The van der Waals surface area contributed by atoms with Crippen LogP contribution in [0.15, 0.2) is 61.0 Å². The SMILES string of the molecule is CCCCN(CCCC)N1CC=CC=C1c1ncccc1-c1ccccn1. The van der Waals surface area contributed by atoms with Crippen molar-refractivity contribution in [1.82, 2.24) is 20.0 Å². The maximum atomic E-state index is 4.76. The molecule has 3 rings (SSSR count). The molecule has 142 valence electrons. The third-order valence-corrected chi connectivity index (χ3v) is 4.82. The van der Waals surface area contributed by atoms with E-state index in [0.717, 1.165) is 42.3 Å². The quantitative estimate of drug-likeness (QED) is 0.616. The van der Waals surface area contributed by atoms with Gasteiger partial charge in [-0.3, -0.25) is 15.0 Å². The number of unbranched alkanes of at least 4 members (excludes halogenated alkanes) is 2. The van der Waals surface area contributed by atoms with Crippen LogP contribution in [0, 0.1) is 0 Å². The van der Waals surface area contributed by atoms with Crippen molar-refractivity contribution in [2.75, 3.05) is 19.6 Å². The molecule has 2 aromatic rings. The van der Waals surface area contributed by atoms with E-state index in [2.05, 4.69) is 59.2 Å². The summed E-state index contributed by atoms with van der Waals surface area (Å²) < 4.78 is 0. The molecule has 1 aliphatic rings. The van der Waals surface area contributed by atoms with Gasteiger partial charge in [0.25, 0.3) is 0 Å². The fourth-order valence-corrected chi connectivity index (χ4v) is 3.35. The van der Waals surface area contributed by atoms with Gasteiger partial charge in [0.05, 0.1) is 23.6 Å². The lowest BCUT2D eigenvalue weighted by atomic mass is 10.1. The zero-order valence-electron chi connectivity index (χ0n) is 16.5. The Bertz CT molecular complexity index is 759. The normalized spacial score (nSPS) is 13.9. The number of hydrogen-bond acceptors (Lipinski definition) is 4. The van der Waals surface area contributed by atoms with Gasteiger partial charge in [0.1, 0.15) is 0 Å². The van der Waals surface area contributed by atoms with Gasteiger partial charge >= 0.3 is 0 Å². The van der Waals surface area contributed by atoms with E-state index >= 15 is 0 Å². The molecule has 4 heteroatoms. The van der Waals surface area contributed by atoms with Crippen molar-refractivity contribution in [2.24, 2.45) is 0 Å². The summed E-state index contributed by atoms with van der Waals surface area (Å²) >= 11 is 0. The van der Waals surface area contributed by atoms with E-state index in [-0.39, 0.29) is 0 Å². The van der Waals surface area contributed by atoms with E-state index < -0.39 is 0 Å². The molecule has 0 atom stereocenters. The van der Waals surface area contributed by atoms with Crippen molar-refractivity contribution in [3.05, 3.63) is 66.6 Å². The van der Waals surface area contributed by atoms with Gasteiger partial charge in [-0.2, -0.15) is 0 Å². The Balaban J connectivity index is 1.96. The van der Waals surface area contributed by atoms with E-state index in [1.165, 1.54) is 25.7 Å². The fraction of sp³-hybridized carbons (Fsp3) is 0.391. The van der Waals surface area contributed by atoms with Crippen LogP contribution in [0.4, 0.5) is 0 Å². The van der Waals surface area contributed by atoms with Gasteiger partial charge < -0.3 is 0 Å². The van der Waals surface area contributed by atoms with Crippen molar-refractivity contribution < 1.29 is 0 Å². The lowest BCUT2D eigenvalue weighted by Crippen LogP contribution is -2.43. The zero-order valence-corrected chi connectivity index (χ0v) is 16.5. The predicted molar refractivity (Wildman–Crippen MR) is 113 cm³/mol. The second-order valence-electron chi connectivity index (χ2n) is 6.84. The van der Waals surface area contributed by atoms with Crippen LogP contribution in [0.5, 0.6) is 0 Å². The molecule has 27 heavy (non-hydrogen) atoms. The lowest BCUT2D eigenvalue weighted by molar-refractivity contribution is 0.0398. The Labute approximate surface area is 163 Å². The number of rotatable bonds is 9. The Morgan fingerprint density at radius 2 is 1.74 bits per heavy atom. The molecule has 0 aromatic carbocycles. The van der Waals surface area contributed by atoms with Crippen LogP contribution in [0.2, 0.25) is 0 Å². The molecule has 0 N–H and O–H groups in total. The summed E-state index contributed by atoms with van der Waals surface area (Å²) in [6, 6.07) is 10.1. The molecule has 4 nitrogen and oxygen atoms in total. The summed E-state index contributed by atoms with van der Waals surface area (Å²) in [5.74, 6) is 0. The lowest BCUT2D eigenvalue weighted by Gasteiger charge is -2.39. The first-order valence-corrected chi connectivity index (χ1v) is 10.1. The molecule has 2 aromatic heterocycles. The van der Waals surface area contributed by atoms with Crippen LogP contribution >= 0.6 is 0 Å². The molecule has 0 saturated heterocycles. The molecule has 0 aliphatic carbocycles. The average molecular weight is 363 g/mol. The summed E-state index contributed by atoms with van der Waals surface area (Å²) in [5, 5.41) is 4.90. The molecule has 0 spiro atoms. The molecule has 0 fully saturated rings. The molecule has 0 amide bonds. The molecule has 0 unspecified atom stereocenters. The maximum Gasteiger partial charge on any atom is 0.0970 e. The van der Waals surface area contributed by atoms with Gasteiger partial charge in [-0.15, -0.1) is 0 Å². The van der Waals surface area contributed by atoms with Crippen LogP contribution in [-0.4, -0.2) is 39.6 Å². The van der Waals surface area contributed by atoms with Crippen LogP contribution in [0.3, 0.4) is 0 Å². The highest BCUT2D eigenvalue weighted by atomic mass is 15.6. The average Bonchev–Trinajstić information content (AvgIpc) is 2.75. The van der Waals surface area contributed by atoms with Crippen LogP contribution in [0.1, 0.15) is 45.2 Å². The first-order valence-electron chi connectivity index (χ1n) is 10.1. The van der Waals surface area contributed by atoms with E-state index in [1.807, 2.05) is 30.6 Å². The number of allylic oxidation sites excluding steroid dienone is 2. The van der Waals surface area contributed by atoms with Crippen LogP contribution in [0.25, 0.3) is 17.0 Å². The molecular formula is C23H30N4. The van der Waals surface area contributed by atoms with Gasteiger partial charge in [-0.05, 0) is 43.2 Å². The molecule has 1 aliphatic heterocycles. The first-order chi connectivity index (χ1) is 13.3. The van der Waals surface area contributed by atoms with Gasteiger partial charge in [-0.25, -0.2) is 5.01 Å². The minimum atomic E-state index is 0.886. The zero-order chi connectivity index (χ0) is 18.9. The van der Waals surface area contributed by atoms with Gasteiger partial charge in [0.2, 0.25) is 0 Å². The van der Waals surface area contributed by atoms with E-state index in [1.54, 1.807) is 0 Å². The molecule has 3 heterocycles. The highest BCUT2D eigenvalue weighted by Gasteiger charge is 2.23. The monoisotopic (exact) mass is 362 g/mol. The third kappa shape index (κ3) is 4.83. The summed E-state index contributed by atoms with van der Waals surface area (Å²) in [6.07, 6.45) is 15.1. The van der Waals surface area contributed by atoms with E-state index in [4.69, 9.17) is 4.98 Å². The van der Waals surface area contributed by atoms with Crippen molar-refractivity contribution in [3.63, 3.8) is 0 Å². The Morgan fingerprint density at radius 3 is 2.44 bits per heavy atom. The molecular weight excluding hydrogens is 332 g/mol. The van der Waals surface area contributed by atoms with Crippen molar-refractivity contribution in [1.29, 1.82) is 0 Å². The van der Waals surface area contributed by atoms with Crippen LogP contribution < -0.4 is 0 Å². The van der Waals surface area contributed by atoms with Gasteiger partial charge in [0.15, 0.2) is 0 Å². The Morgan fingerprint density at radius 1 is 0.963 bits per heavy atom. The molecule has 0 saturated carbocycles. The van der Waals surface area contributed by atoms with Gasteiger partial charge in [-0.1, -0.05) is 44.9 Å². The largest absolute Gasteiger partial charge is 0.300 e. The second-order valence-corrected chi connectivity index (χ2v) is 6.84. The summed E-state index contributed by atoms with van der Waals surface area (Å²) in [7, 11) is 0. The summed E-state index contributed by atoms with van der Waals surface area (Å²) in [5.41, 5.74) is 4.20. The molecule has 0 bridgehead atoms. The smallest absolute Gasteiger partial charge is 0.0970 e. The number of aromatic nitrogens is 2. The Kier molecular flexibility index (Phi) is 7.17. The Hall–Kier alpha value is -2.46. The topological polar surface area (TPSA) is 32.3 Å². The standard InChI is InChI=1S/C23H30N4/c1-3-5-17-26(18-6-4-2)27-19-10-8-14-22(27)23-20(12-11-16-25-23)21-13-7-9-15-24-21/h7-16H,3-6,17-19H2,1-2H3.